The Balaban J connectivity index is 1.90. The van der Waals surface area contributed by atoms with Gasteiger partial charge in [-0.05, 0) is 30.7 Å². The van der Waals surface area contributed by atoms with E-state index < -0.39 is 5.91 Å². The lowest BCUT2D eigenvalue weighted by atomic mass is 10.1. The fourth-order valence-corrected chi connectivity index (χ4v) is 2.05. The number of aryl methyl sites for hydroxylation is 1. The Morgan fingerprint density at radius 2 is 2.15 bits per heavy atom. The fourth-order valence-electron chi connectivity index (χ4n) is 2.05. The third kappa shape index (κ3) is 2.35. The fraction of sp³-hybridized carbons (Fsp3) is 0.143. The lowest BCUT2D eigenvalue weighted by Crippen LogP contribution is -2.11. The number of amides is 1. The number of fused-ring (bicyclic) bond motifs is 1. The maximum absolute atomic E-state index is 11.0. The third-order valence-electron chi connectivity index (χ3n) is 3.03. The van der Waals surface area contributed by atoms with Crippen LogP contribution < -0.4 is 5.73 Å². The van der Waals surface area contributed by atoms with Gasteiger partial charge in [-0.25, -0.2) is 4.68 Å². The Bertz CT molecular complexity index is 793. The van der Waals surface area contributed by atoms with E-state index in [-0.39, 0.29) is 5.69 Å². The number of carbonyl (C=O) groups excluding carboxylic acids is 1. The van der Waals surface area contributed by atoms with Crippen LogP contribution in [-0.2, 0) is 6.54 Å². The molecule has 0 aliphatic carbocycles. The van der Waals surface area contributed by atoms with Crippen LogP contribution in [0.3, 0.4) is 0 Å². The van der Waals surface area contributed by atoms with E-state index in [1.807, 2.05) is 37.3 Å². The van der Waals surface area contributed by atoms with Crippen LogP contribution in [0.1, 0.15) is 21.7 Å². The highest BCUT2D eigenvalue weighted by Crippen LogP contribution is 2.15. The van der Waals surface area contributed by atoms with Crippen molar-refractivity contribution in [3.05, 3.63) is 53.5 Å². The second-order valence-corrected chi connectivity index (χ2v) is 4.65. The maximum atomic E-state index is 11.0. The van der Waals surface area contributed by atoms with Crippen LogP contribution in [0.25, 0.3) is 10.9 Å². The number of hydrogen-bond acceptors (Lipinski definition) is 4. The molecule has 0 radical (unpaired) electrons. The van der Waals surface area contributed by atoms with Gasteiger partial charge in [0.25, 0.3) is 5.91 Å². The Morgan fingerprint density at radius 1 is 1.30 bits per heavy atom. The van der Waals surface area contributed by atoms with Crippen LogP contribution in [0.15, 0.2) is 36.5 Å². The number of rotatable bonds is 3. The van der Waals surface area contributed by atoms with Gasteiger partial charge in [0.15, 0.2) is 5.69 Å². The Kier molecular flexibility index (Phi) is 2.90. The summed E-state index contributed by atoms with van der Waals surface area (Å²) in [5.41, 5.74) is 8.33. The van der Waals surface area contributed by atoms with E-state index in [4.69, 9.17) is 5.73 Å². The minimum atomic E-state index is -0.575. The smallest absolute Gasteiger partial charge is 0.270 e. The van der Waals surface area contributed by atoms with Crippen LogP contribution in [-0.4, -0.2) is 25.9 Å². The predicted molar refractivity (Wildman–Crippen MR) is 74.1 cm³/mol. The topological polar surface area (TPSA) is 86.7 Å². The first kappa shape index (κ1) is 12.3. The summed E-state index contributed by atoms with van der Waals surface area (Å²) in [7, 11) is 0. The summed E-state index contributed by atoms with van der Waals surface area (Å²) in [6.07, 6.45) is 1.54. The van der Waals surface area contributed by atoms with E-state index in [1.54, 1.807) is 10.9 Å². The number of primary amides is 1. The molecule has 0 bridgehead atoms. The predicted octanol–water partition coefficient (Wildman–Crippen LogP) is 1.28. The van der Waals surface area contributed by atoms with Gasteiger partial charge in [0.05, 0.1) is 18.3 Å². The second-order valence-electron chi connectivity index (χ2n) is 4.65. The van der Waals surface area contributed by atoms with E-state index in [1.165, 1.54) is 0 Å². The molecule has 0 saturated carbocycles. The first-order valence-electron chi connectivity index (χ1n) is 6.18. The molecule has 2 N–H and O–H groups in total. The average molecular weight is 267 g/mol. The van der Waals surface area contributed by atoms with Crippen LogP contribution in [0, 0.1) is 6.92 Å². The number of carbonyl (C=O) groups is 1. The quantitative estimate of drug-likeness (QED) is 0.774. The minimum Gasteiger partial charge on any atom is -0.364 e. The lowest BCUT2D eigenvalue weighted by Gasteiger charge is -2.04. The highest BCUT2D eigenvalue weighted by molar-refractivity contribution is 5.90. The normalized spacial score (nSPS) is 10.8. The molecule has 2 heterocycles. The monoisotopic (exact) mass is 267 g/mol. The zero-order valence-electron chi connectivity index (χ0n) is 10.9. The van der Waals surface area contributed by atoms with Crippen LogP contribution >= 0.6 is 0 Å². The Labute approximate surface area is 115 Å². The molecule has 0 aliphatic rings. The van der Waals surface area contributed by atoms with Crippen molar-refractivity contribution in [2.24, 2.45) is 5.73 Å². The van der Waals surface area contributed by atoms with Crippen LogP contribution in [0.5, 0.6) is 0 Å². The van der Waals surface area contributed by atoms with Gasteiger partial charge in [0.1, 0.15) is 0 Å². The standard InChI is InChI=1S/C14H13N5O/c1-9-2-4-11-6-10(3-5-12(11)16-9)7-19-8-13(14(15)20)17-18-19/h2-6,8H,7H2,1H3,(H2,15,20). The molecule has 1 amide bonds. The van der Waals surface area contributed by atoms with Gasteiger partial charge < -0.3 is 5.73 Å². The van der Waals surface area contributed by atoms with E-state index in [0.717, 1.165) is 22.2 Å². The molecule has 0 aliphatic heterocycles. The molecule has 2 aromatic heterocycles. The third-order valence-corrected chi connectivity index (χ3v) is 3.03. The van der Waals surface area contributed by atoms with Crippen LogP contribution in [0.2, 0.25) is 0 Å². The molecule has 3 aromatic rings. The van der Waals surface area contributed by atoms with E-state index in [9.17, 15) is 4.79 Å². The summed E-state index contributed by atoms with van der Waals surface area (Å²) >= 11 is 0. The number of pyridine rings is 1. The van der Waals surface area contributed by atoms with Crippen molar-refractivity contribution >= 4 is 16.8 Å². The van der Waals surface area contributed by atoms with Crippen molar-refractivity contribution in [2.75, 3.05) is 0 Å². The minimum absolute atomic E-state index is 0.170. The van der Waals surface area contributed by atoms with Crippen molar-refractivity contribution in [1.82, 2.24) is 20.0 Å². The zero-order chi connectivity index (χ0) is 14.1. The lowest BCUT2D eigenvalue weighted by molar-refractivity contribution is 0.0995. The first-order chi connectivity index (χ1) is 9.61. The Hall–Kier alpha value is -2.76. The molecule has 0 fully saturated rings. The molecular formula is C14H13N5O. The van der Waals surface area contributed by atoms with Crippen LogP contribution in [0.4, 0.5) is 0 Å². The Morgan fingerprint density at radius 3 is 2.90 bits per heavy atom. The largest absolute Gasteiger partial charge is 0.364 e. The second kappa shape index (κ2) is 4.73. The maximum Gasteiger partial charge on any atom is 0.270 e. The number of nitrogens with two attached hydrogens (primary N) is 1. The van der Waals surface area contributed by atoms with Gasteiger partial charge in [-0.2, -0.15) is 0 Å². The van der Waals surface area contributed by atoms with Crippen molar-refractivity contribution in [3.8, 4) is 0 Å². The zero-order valence-corrected chi connectivity index (χ0v) is 10.9. The van der Waals surface area contributed by atoms with E-state index in [0.29, 0.717) is 6.54 Å². The van der Waals surface area contributed by atoms with E-state index in [2.05, 4.69) is 15.3 Å². The SMILES string of the molecule is Cc1ccc2cc(Cn3cc(C(N)=O)nn3)ccc2n1. The molecule has 6 nitrogen and oxygen atoms in total. The first-order valence-corrected chi connectivity index (χ1v) is 6.18. The number of aromatic nitrogens is 4. The average Bonchev–Trinajstić information content (AvgIpc) is 2.88. The summed E-state index contributed by atoms with van der Waals surface area (Å²) in [5.74, 6) is -0.575. The molecule has 0 spiro atoms. The van der Waals surface area contributed by atoms with Crippen molar-refractivity contribution in [3.63, 3.8) is 0 Å². The summed E-state index contributed by atoms with van der Waals surface area (Å²) in [4.78, 5) is 15.4. The van der Waals surface area contributed by atoms with Gasteiger partial charge in [-0.1, -0.05) is 17.3 Å². The highest BCUT2D eigenvalue weighted by Gasteiger charge is 2.06. The molecule has 6 heteroatoms. The van der Waals surface area contributed by atoms with Gasteiger partial charge in [0, 0.05) is 11.1 Å². The number of hydrogen-bond donors (Lipinski definition) is 1. The molecular weight excluding hydrogens is 254 g/mol. The highest BCUT2D eigenvalue weighted by atomic mass is 16.1. The number of nitrogens with zero attached hydrogens (tertiary/aromatic N) is 4. The van der Waals surface area contributed by atoms with Gasteiger partial charge >= 0.3 is 0 Å². The number of benzene rings is 1. The van der Waals surface area contributed by atoms with Crippen molar-refractivity contribution < 1.29 is 4.79 Å². The molecule has 20 heavy (non-hydrogen) atoms. The summed E-state index contributed by atoms with van der Waals surface area (Å²) < 4.78 is 1.59. The van der Waals surface area contributed by atoms with E-state index >= 15 is 0 Å². The molecule has 0 atom stereocenters. The summed E-state index contributed by atoms with van der Waals surface area (Å²) in [5, 5.41) is 8.66. The van der Waals surface area contributed by atoms with Crippen molar-refractivity contribution in [2.45, 2.75) is 13.5 Å². The van der Waals surface area contributed by atoms with Gasteiger partial charge in [-0.3, -0.25) is 9.78 Å². The molecule has 0 saturated heterocycles. The van der Waals surface area contributed by atoms with Crippen molar-refractivity contribution in [1.29, 1.82) is 0 Å². The molecule has 100 valence electrons. The van der Waals surface area contributed by atoms with Gasteiger partial charge in [0.2, 0.25) is 0 Å². The molecule has 3 rings (SSSR count). The molecule has 0 unspecified atom stereocenters. The van der Waals surface area contributed by atoms with Gasteiger partial charge in [-0.15, -0.1) is 5.10 Å². The summed E-state index contributed by atoms with van der Waals surface area (Å²) in [6.45, 7) is 2.50. The summed E-state index contributed by atoms with van der Waals surface area (Å²) in [6, 6.07) is 10.0. The molecule has 1 aromatic carbocycles.